The Morgan fingerprint density at radius 1 is 1.06 bits per heavy atom. The first-order valence-corrected chi connectivity index (χ1v) is 5.77. The molecular formula is C11H23NO4. The van der Waals surface area contributed by atoms with E-state index in [2.05, 4.69) is 12.2 Å². The minimum atomic E-state index is -1.29. The molecule has 0 saturated carbocycles. The van der Waals surface area contributed by atoms with Crippen LogP contribution in [0.15, 0.2) is 0 Å². The van der Waals surface area contributed by atoms with Crippen molar-refractivity contribution < 1.29 is 20.1 Å². The van der Waals surface area contributed by atoms with Crippen molar-refractivity contribution in [3.8, 4) is 0 Å². The van der Waals surface area contributed by atoms with Gasteiger partial charge in [0.15, 0.2) is 0 Å². The molecule has 4 N–H and O–H groups in total. The van der Waals surface area contributed by atoms with Gasteiger partial charge < -0.3 is 20.6 Å². The van der Waals surface area contributed by atoms with E-state index in [1.165, 1.54) is 0 Å². The average molecular weight is 233 g/mol. The van der Waals surface area contributed by atoms with Gasteiger partial charge in [0.2, 0.25) is 5.91 Å². The number of amides is 1. The van der Waals surface area contributed by atoms with Crippen molar-refractivity contribution in [2.45, 2.75) is 44.6 Å². The number of unbranched alkanes of at least 4 members (excludes halogenated alkanes) is 3. The molecule has 0 atom stereocenters. The number of hydrogen-bond acceptors (Lipinski definition) is 4. The maximum atomic E-state index is 11.5. The standard InChI is InChI=1S/C11H23NO4/c1-2-3-4-5-6-10(16)12-11(7-13,8-14)9-15/h13-15H,2-9H2,1H3,(H,12,16). The first-order chi connectivity index (χ1) is 7.64. The lowest BCUT2D eigenvalue weighted by Crippen LogP contribution is -2.57. The van der Waals surface area contributed by atoms with Gasteiger partial charge in [-0.25, -0.2) is 0 Å². The molecule has 0 rings (SSSR count). The number of aliphatic hydroxyl groups is 3. The van der Waals surface area contributed by atoms with E-state index < -0.39 is 25.4 Å². The number of aliphatic hydroxyl groups excluding tert-OH is 3. The zero-order valence-electron chi connectivity index (χ0n) is 9.91. The van der Waals surface area contributed by atoms with Gasteiger partial charge in [0, 0.05) is 6.42 Å². The highest BCUT2D eigenvalue weighted by molar-refractivity contribution is 5.76. The van der Waals surface area contributed by atoms with Crippen molar-refractivity contribution in [3.63, 3.8) is 0 Å². The quantitative estimate of drug-likeness (QED) is 0.415. The summed E-state index contributed by atoms with van der Waals surface area (Å²) in [6.45, 7) is 0.677. The maximum absolute atomic E-state index is 11.5. The van der Waals surface area contributed by atoms with E-state index in [1.807, 2.05) is 0 Å². The van der Waals surface area contributed by atoms with E-state index in [0.717, 1.165) is 25.7 Å². The zero-order valence-corrected chi connectivity index (χ0v) is 9.91. The predicted molar refractivity (Wildman–Crippen MR) is 60.9 cm³/mol. The largest absolute Gasteiger partial charge is 0.394 e. The van der Waals surface area contributed by atoms with Crippen LogP contribution in [0.5, 0.6) is 0 Å². The fourth-order valence-electron chi connectivity index (χ4n) is 1.34. The van der Waals surface area contributed by atoms with Crippen LogP contribution in [0.2, 0.25) is 0 Å². The summed E-state index contributed by atoms with van der Waals surface area (Å²) in [6.07, 6.45) is 4.35. The smallest absolute Gasteiger partial charge is 0.220 e. The second-order valence-corrected chi connectivity index (χ2v) is 4.11. The highest BCUT2D eigenvalue weighted by atomic mass is 16.3. The molecule has 0 aromatic rings. The van der Waals surface area contributed by atoms with Gasteiger partial charge in [0.25, 0.3) is 0 Å². The van der Waals surface area contributed by atoms with Crippen molar-refractivity contribution >= 4 is 5.91 Å². The second-order valence-electron chi connectivity index (χ2n) is 4.11. The van der Waals surface area contributed by atoms with Gasteiger partial charge in [0.05, 0.1) is 19.8 Å². The highest BCUT2D eigenvalue weighted by Gasteiger charge is 2.29. The molecule has 0 heterocycles. The van der Waals surface area contributed by atoms with Crippen LogP contribution in [-0.2, 0) is 4.79 Å². The fourth-order valence-corrected chi connectivity index (χ4v) is 1.34. The average Bonchev–Trinajstić information content (AvgIpc) is 2.32. The Bertz CT molecular complexity index is 184. The molecule has 0 aliphatic rings. The Kier molecular flexibility index (Phi) is 8.15. The molecule has 5 nitrogen and oxygen atoms in total. The topological polar surface area (TPSA) is 89.8 Å². The van der Waals surface area contributed by atoms with Crippen LogP contribution < -0.4 is 5.32 Å². The number of carbonyl (C=O) groups is 1. The molecule has 0 radical (unpaired) electrons. The molecule has 0 aromatic heterocycles. The van der Waals surface area contributed by atoms with Crippen LogP contribution in [0.4, 0.5) is 0 Å². The summed E-state index contributed by atoms with van der Waals surface area (Å²) in [5.41, 5.74) is -1.29. The van der Waals surface area contributed by atoms with E-state index in [1.54, 1.807) is 0 Å². The molecule has 1 amide bonds. The summed E-state index contributed by atoms with van der Waals surface area (Å²) in [4.78, 5) is 11.5. The third-order valence-electron chi connectivity index (χ3n) is 2.57. The Morgan fingerprint density at radius 2 is 1.62 bits per heavy atom. The van der Waals surface area contributed by atoms with E-state index >= 15 is 0 Å². The Labute approximate surface area is 96.5 Å². The highest BCUT2D eigenvalue weighted by Crippen LogP contribution is 2.06. The van der Waals surface area contributed by atoms with E-state index in [9.17, 15) is 4.79 Å². The molecule has 0 spiro atoms. The molecular weight excluding hydrogens is 210 g/mol. The van der Waals surface area contributed by atoms with Gasteiger partial charge in [-0.2, -0.15) is 0 Å². The third kappa shape index (κ3) is 5.44. The minimum Gasteiger partial charge on any atom is -0.394 e. The van der Waals surface area contributed by atoms with E-state index in [0.29, 0.717) is 6.42 Å². The number of rotatable bonds is 9. The van der Waals surface area contributed by atoms with Gasteiger partial charge in [-0.3, -0.25) is 4.79 Å². The first-order valence-electron chi connectivity index (χ1n) is 5.77. The van der Waals surface area contributed by atoms with Crippen LogP contribution in [0.25, 0.3) is 0 Å². The Morgan fingerprint density at radius 3 is 2.06 bits per heavy atom. The lowest BCUT2D eigenvalue weighted by atomic mass is 10.0. The lowest BCUT2D eigenvalue weighted by molar-refractivity contribution is -0.125. The van der Waals surface area contributed by atoms with Crippen LogP contribution in [0.3, 0.4) is 0 Å². The predicted octanol–water partition coefficient (Wildman–Crippen LogP) is -0.211. The van der Waals surface area contributed by atoms with E-state index in [4.69, 9.17) is 15.3 Å². The van der Waals surface area contributed by atoms with E-state index in [-0.39, 0.29) is 5.91 Å². The number of carbonyl (C=O) groups excluding carboxylic acids is 1. The van der Waals surface area contributed by atoms with Gasteiger partial charge >= 0.3 is 0 Å². The summed E-state index contributed by atoms with van der Waals surface area (Å²) < 4.78 is 0. The van der Waals surface area contributed by atoms with Crippen LogP contribution in [0.1, 0.15) is 39.0 Å². The SMILES string of the molecule is CCCCCCC(=O)NC(CO)(CO)CO. The van der Waals surface area contributed by atoms with Gasteiger partial charge in [-0.15, -0.1) is 0 Å². The van der Waals surface area contributed by atoms with Crippen molar-refractivity contribution in [1.82, 2.24) is 5.32 Å². The number of nitrogens with one attached hydrogen (secondary N) is 1. The molecule has 5 heteroatoms. The molecule has 0 unspecified atom stereocenters. The molecule has 0 bridgehead atoms. The molecule has 0 aromatic carbocycles. The number of hydrogen-bond donors (Lipinski definition) is 4. The summed E-state index contributed by atoms with van der Waals surface area (Å²) in [5, 5.41) is 29.5. The Hall–Kier alpha value is -0.650. The zero-order chi connectivity index (χ0) is 12.4. The molecule has 0 saturated heterocycles. The van der Waals surface area contributed by atoms with Crippen molar-refractivity contribution in [3.05, 3.63) is 0 Å². The van der Waals surface area contributed by atoms with Crippen LogP contribution in [0, 0.1) is 0 Å². The van der Waals surface area contributed by atoms with Gasteiger partial charge in [0.1, 0.15) is 5.54 Å². The summed E-state index contributed by atoms with van der Waals surface area (Å²) in [5.74, 6) is -0.242. The maximum Gasteiger partial charge on any atom is 0.220 e. The molecule has 96 valence electrons. The van der Waals surface area contributed by atoms with Crippen molar-refractivity contribution in [2.75, 3.05) is 19.8 Å². The fraction of sp³-hybridized carbons (Fsp3) is 0.909. The van der Waals surface area contributed by atoms with Crippen LogP contribution in [-0.4, -0.2) is 46.6 Å². The minimum absolute atomic E-state index is 0.242. The lowest BCUT2D eigenvalue weighted by Gasteiger charge is -2.28. The monoisotopic (exact) mass is 233 g/mol. The molecule has 0 aliphatic heterocycles. The van der Waals surface area contributed by atoms with Gasteiger partial charge in [-0.05, 0) is 6.42 Å². The van der Waals surface area contributed by atoms with Gasteiger partial charge in [-0.1, -0.05) is 26.2 Å². The first kappa shape index (κ1) is 15.3. The van der Waals surface area contributed by atoms with Crippen LogP contribution >= 0.6 is 0 Å². The third-order valence-corrected chi connectivity index (χ3v) is 2.57. The van der Waals surface area contributed by atoms with Crippen molar-refractivity contribution in [2.24, 2.45) is 0 Å². The Balaban J connectivity index is 3.91. The second kappa shape index (κ2) is 8.50. The molecule has 0 aliphatic carbocycles. The normalized spacial score (nSPS) is 11.5. The van der Waals surface area contributed by atoms with Crippen molar-refractivity contribution in [1.29, 1.82) is 0 Å². The summed E-state index contributed by atoms with van der Waals surface area (Å²) in [7, 11) is 0. The summed E-state index contributed by atoms with van der Waals surface area (Å²) >= 11 is 0. The molecule has 0 fully saturated rings. The molecule has 16 heavy (non-hydrogen) atoms. The summed E-state index contributed by atoms with van der Waals surface area (Å²) in [6, 6.07) is 0.